The number of ether oxygens (including phenoxy) is 1. The van der Waals surface area contributed by atoms with E-state index in [0.29, 0.717) is 5.69 Å². The molecule has 0 saturated carbocycles. The van der Waals surface area contributed by atoms with Crippen LogP contribution in [0.2, 0.25) is 0 Å². The van der Waals surface area contributed by atoms with Crippen LogP contribution in [0.5, 0.6) is 5.75 Å². The lowest BCUT2D eigenvalue weighted by Gasteiger charge is -2.17. The van der Waals surface area contributed by atoms with Crippen LogP contribution in [-0.2, 0) is 4.79 Å². The first kappa shape index (κ1) is 12.4. The molecular formula is C11H15FN2O2. The molecule has 0 spiro atoms. The molecular weight excluding hydrogens is 211 g/mol. The highest BCUT2D eigenvalue weighted by Crippen LogP contribution is 2.22. The molecule has 0 heterocycles. The van der Waals surface area contributed by atoms with E-state index >= 15 is 0 Å². The van der Waals surface area contributed by atoms with Crippen molar-refractivity contribution in [2.24, 2.45) is 5.73 Å². The molecule has 0 saturated heterocycles. The number of hydrogen-bond acceptors (Lipinski definition) is 3. The second-order valence-corrected chi connectivity index (χ2v) is 3.31. The number of nitrogens with zero attached hydrogens (tertiary/aromatic N) is 1. The van der Waals surface area contributed by atoms with Gasteiger partial charge in [-0.05, 0) is 12.1 Å². The van der Waals surface area contributed by atoms with Gasteiger partial charge in [0.25, 0.3) is 0 Å². The lowest BCUT2D eigenvalue weighted by atomic mass is 10.2. The van der Waals surface area contributed by atoms with Crippen molar-refractivity contribution in [2.45, 2.75) is 6.42 Å². The molecule has 1 aromatic carbocycles. The highest BCUT2D eigenvalue weighted by molar-refractivity contribution is 5.92. The Bertz CT molecular complexity index is 382. The van der Waals surface area contributed by atoms with Gasteiger partial charge < -0.3 is 15.4 Å². The van der Waals surface area contributed by atoms with Crippen LogP contribution in [0.25, 0.3) is 0 Å². The first-order valence-corrected chi connectivity index (χ1v) is 4.90. The number of amides is 1. The fourth-order valence-corrected chi connectivity index (χ4v) is 1.30. The number of benzene rings is 1. The van der Waals surface area contributed by atoms with E-state index in [4.69, 9.17) is 10.5 Å². The molecule has 0 aliphatic rings. The lowest BCUT2D eigenvalue weighted by molar-refractivity contribution is -0.118. The van der Waals surface area contributed by atoms with Gasteiger partial charge in [-0.15, -0.1) is 0 Å². The summed E-state index contributed by atoms with van der Waals surface area (Å²) < 4.78 is 18.2. The summed E-state index contributed by atoms with van der Waals surface area (Å²) in [4.78, 5) is 12.9. The van der Waals surface area contributed by atoms with Crippen LogP contribution in [0.15, 0.2) is 18.2 Å². The van der Waals surface area contributed by atoms with Gasteiger partial charge in [0, 0.05) is 31.8 Å². The maximum absolute atomic E-state index is 13.4. The van der Waals surface area contributed by atoms with E-state index in [2.05, 4.69) is 0 Å². The normalized spacial score (nSPS) is 10.0. The van der Waals surface area contributed by atoms with Crippen LogP contribution in [0.1, 0.15) is 6.42 Å². The number of methoxy groups -OCH3 is 1. The molecule has 0 fully saturated rings. The predicted molar refractivity (Wildman–Crippen MR) is 60.0 cm³/mol. The van der Waals surface area contributed by atoms with Crippen LogP contribution in [-0.4, -0.2) is 26.6 Å². The van der Waals surface area contributed by atoms with Gasteiger partial charge in [0.1, 0.15) is 0 Å². The second-order valence-electron chi connectivity index (χ2n) is 3.31. The molecule has 2 N–H and O–H groups in total. The molecule has 16 heavy (non-hydrogen) atoms. The smallest absolute Gasteiger partial charge is 0.227 e. The van der Waals surface area contributed by atoms with Crippen molar-refractivity contribution in [1.29, 1.82) is 0 Å². The fraction of sp³-hybridized carbons (Fsp3) is 0.364. The van der Waals surface area contributed by atoms with E-state index in [1.54, 1.807) is 13.1 Å². The minimum atomic E-state index is -0.493. The molecule has 0 aromatic heterocycles. The lowest BCUT2D eigenvalue weighted by Crippen LogP contribution is -2.28. The Balaban J connectivity index is 2.88. The zero-order valence-corrected chi connectivity index (χ0v) is 9.37. The van der Waals surface area contributed by atoms with Crippen LogP contribution in [0, 0.1) is 5.82 Å². The zero-order valence-electron chi connectivity index (χ0n) is 9.37. The van der Waals surface area contributed by atoms with Gasteiger partial charge in [-0.1, -0.05) is 0 Å². The van der Waals surface area contributed by atoms with Crippen LogP contribution in [0.3, 0.4) is 0 Å². The number of hydrogen-bond donors (Lipinski definition) is 1. The summed E-state index contributed by atoms with van der Waals surface area (Å²) in [7, 11) is 2.97. The Kier molecular flexibility index (Phi) is 4.25. The SMILES string of the molecule is COc1ccc(N(C)C(=O)CCN)cc1F. The van der Waals surface area contributed by atoms with E-state index in [0.717, 1.165) is 0 Å². The minimum absolute atomic E-state index is 0.146. The van der Waals surface area contributed by atoms with Crippen molar-refractivity contribution >= 4 is 11.6 Å². The Hall–Kier alpha value is -1.62. The molecule has 0 aliphatic heterocycles. The van der Waals surface area contributed by atoms with E-state index in [1.807, 2.05) is 0 Å². The van der Waals surface area contributed by atoms with Crippen molar-refractivity contribution in [2.75, 3.05) is 25.6 Å². The van der Waals surface area contributed by atoms with Crippen molar-refractivity contribution in [3.63, 3.8) is 0 Å². The van der Waals surface area contributed by atoms with Crippen molar-refractivity contribution in [1.82, 2.24) is 0 Å². The number of rotatable bonds is 4. The Morgan fingerprint density at radius 1 is 1.56 bits per heavy atom. The largest absolute Gasteiger partial charge is 0.494 e. The summed E-state index contributed by atoms with van der Waals surface area (Å²) in [5, 5.41) is 0. The summed E-state index contributed by atoms with van der Waals surface area (Å²) in [5.74, 6) is -0.483. The average Bonchev–Trinajstić information content (AvgIpc) is 2.28. The molecule has 5 heteroatoms. The Labute approximate surface area is 93.8 Å². The van der Waals surface area contributed by atoms with Gasteiger partial charge in [-0.2, -0.15) is 0 Å². The summed E-state index contributed by atoms with van der Waals surface area (Å²) in [5.41, 5.74) is 5.76. The number of nitrogens with two attached hydrogens (primary N) is 1. The second kappa shape index (κ2) is 5.46. The third kappa shape index (κ3) is 2.70. The quantitative estimate of drug-likeness (QED) is 0.837. The molecule has 0 radical (unpaired) electrons. The molecule has 0 aliphatic carbocycles. The summed E-state index contributed by atoms with van der Waals surface area (Å²) in [6, 6.07) is 4.36. The van der Waals surface area contributed by atoms with Gasteiger partial charge in [-0.3, -0.25) is 4.79 Å². The molecule has 1 amide bonds. The van der Waals surface area contributed by atoms with Crippen molar-refractivity contribution in [3.8, 4) is 5.75 Å². The predicted octanol–water partition coefficient (Wildman–Crippen LogP) is 1.15. The van der Waals surface area contributed by atoms with Crippen molar-refractivity contribution < 1.29 is 13.9 Å². The first-order valence-electron chi connectivity index (χ1n) is 4.90. The van der Waals surface area contributed by atoms with Gasteiger partial charge in [0.05, 0.1) is 7.11 Å². The van der Waals surface area contributed by atoms with E-state index in [1.165, 1.54) is 24.1 Å². The molecule has 1 rings (SSSR count). The zero-order chi connectivity index (χ0) is 12.1. The molecule has 0 bridgehead atoms. The third-order valence-corrected chi connectivity index (χ3v) is 2.25. The highest BCUT2D eigenvalue weighted by Gasteiger charge is 2.12. The standard InChI is InChI=1S/C11H15FN2O2/c1-14(11(15)5-6-13)8-3-4-10(16-2)9(12)7-8/h3-4,7H,5-6,13H2,1-2H3. The maximum Gasteiger partial charge on any atom is 0.227 e. The highest BCUT2D eigenvalue weighted by atomic mass is 19.1. The van der Waals surface area contributed by atoms with Crippen LogP contribution in [0.4, 0.5) is 10.1 Å². The summed E-state index contributed by atoms with van der Waals surface area (Å²) >= 11 is 0. The number of carbonyl (C=O) groups excluding carboxylic acids is 1. The van der Waals surface area contributed by atoms with Crippen LogP contribution < -0.4 is 15.4 Å². The summed E-state index contributed by atoms with van der Waals surface area (Å²) in [6.45, 7) is 0.280. The van der Waals surface area contributed by atoms with E-state index in [-0.39, 0.29) is 24.6 Å². The first-order chi connectivity index (χ1) is 7.60. The Morgan fingerprint density at radius 2 is 2.25 bits per heavy atom. The molecule has 1 aromatic rings. The molecule has 0 atom stereocenters. The average molecular weight is 226 g/mol. The number of anilines is 1. The van der Waals surface area contributed by atoms with E-state index < -0.39 is 5.82 Å². The summed E-state index contributed by atoms with van der Waals surface area (Å²) in [6.07, 6.45) is 0.240. The Morgan fingerprint density at radius 3 is 2.75 bits per heavy atom. The molecule has 88 valence electrons. The van der Waals surface area contributed by atoms with Gasteiger partial charge in [-0.25, -0.2) is 4.39 Å². The fourth-order valence-electron chi connectivity index (χ4n) is 1.30. The van der Waals surface area contributed by atoms with E-state index in [9.17, 15) is 9.18 Å². The maximum atomic E-state index is 13.4. The third-order valence-electron chi connectivity index (χ3n) is 2.25. The molecule has 0 unspecified atom stereocenters. The van der Waals surface area contributed by atoms with Gasteiger partial charge in [0.15, 0.2) is 11.6 Å². The monoisotopic (exact) mass is 226 g/mol. The number of halogens is 1. The molecule has 4 nitrogen and oxygen atoms in total. The van der Waals surface area contributed by atoms with Crippen molar-refractivity contribution in [3.05, 3.63) is 24.0 Å². The minimum Gasteiger partial charge on any atom is -0.494 e. The van der Waals surface area contributed by atoms with Gasteiger partial charge in [0.2, 0.25) is 5.91 Å². The van der Waals surface area contributed by atoms with Gasteiger partial charge >= 0.3 is 0 Å². The topological polar surface area (TPSA) is 55.6 Å². The van der Waals surface area contributed by atoms with Crippen LogP contribution >= 0.6 is 0 Å². The number of carbonyl (C=O) groups is 1.